The SMILES string of the molecule is CCCCC(CC)Cc1cc(C)c(CC(CC)CCCC)cc1C.CCCCCCc1cc(C)c(C)cc1C.CCCCCCc1cc(C)c(CCCCCC)cc1C.CCCCCCc1cc(C)ccc1C.Cc1cc(C2CCCCC2)c(C)cc1C1CCCCC1.Cc1ccc(C)cc1.Cc1ccc2c(c1)C1(c3cc(C)ccc3-2)c2cc(C(C)(C)C)ccc2-c2ccc(C(C)(C)C)cc21. The second-order valence-corrected chi connectivity index (χ2v) is 45.4. The van der Waals surface area contributed by atoms with Gasteiger partial charge in [-0.1, -0.05) is 455 Å². The summed E-state index contributed by atoms with van der Waals surface area (Å²) in [6.07, 6.45) is 54.5. The predicted molar refractivity (Wildman–Crippen MR) is 607 cm³/mol. The van der Waals surface area contributed by atoms with Gasteiger partial charge in [-0.3, -0.25) is 0 Å². The zero-order valence-electron chi connectivity index (χ0n) is 93.2. The zero-order valence-corrected chi connectivity index (χ0v) is 93.2. The lowest BCUT2D eigenvalue weighted by atomic mass is 9.68. The van der Waals surface area contributed by atoms with Crippen molar-refractivity contribution < 1.29 is 0 Å². The number of unbranched alkanes of at least 4 members (excludes halogenated alkanes) is 14. The maximum Gasteiger partial charge on any atom is 0.0725 e. The van der Waals surface area contributed by atoms with Gasteiger partial charge in [0.15, 0.2) is 0 Å². The van der Waals surface area contributed by atoms with Crippen LogP contribution in [0.5, 0.6) is 0 Å². The van der Waals surface area contributed by atoms with Gasteiger partial charge in [-0.15, -0.1) is 0 Å². The van der Waals surface area contributed by atoms with Crippen LogP contribution in [0.1, 0.15) is 488 Å². The molecule has 4 aliphatic carbocycles. The largest absolute Gasteiger partial charge is 0.0725 e. The van der Waals surface area contributed by atoms with Crippen LogP contribution in [0.2, 0.25) is 0 Å². The van der Waals surface area contributed by atoms with E-state index in [4.69, 9.17) is 0 Å². The van der Waals surface area contributed by atoms with E-state index in [1.165, 1.54) is 385 Å². The number of aryl methyl sites for hydroxylation is 19. The van der Waals surface area contributed by atoms with Crippen molar-refractivity contribution in [2.24, 2.45) is 11.8 Å². The lowest BCUT2D eigenvalue weighted by Crippen LogP contribution is -2.27. The highest BCUT2D eigenvalue weighted by atomic mass is 14.5. The third kappa shape index (κ3) is 33.4. The Kier molecular flexibility index (Phi) is 47.7. The molecule has 0 heterocycles. The molecule has 2 unspecified atom stereocenters. The van der Waals surface area contributed by atoms with Gasteiger partial charge >= 0.3 is 0 Å². The molecule has 2 atom stereocenters. The molecule has 136 heavy (non-hydrogen) atoms. The molecule has 2 saturated carbocycles. The molecule has 0 aliphatic heterocycles. The normalized spacial score (nSPS) is 14.0. The Bertz CT molecular complexity index is 4960. The highest BCUT2D eigenvalue weighted by Crippen LogP contribution is 2.64. The van der Waals surface area contributed by atoms with Crippen molar-refractivity contribution in [2.75, 3.05) is 0 Å². The molecule has 0 saturated heterocycles. The monoisotopic (exact) mass is 1830 g/mol. The van der Waals surface area contributed by atoms with E-state index >= 15 is 0 Å². The van der Waals surface area contributed by atoms with E-state index in [0.717, 1.165) is 23.7 Å². The molecule has 10 aromatic carbocycles. The lowest BCUT2D eigenvalue weighted by molar-refractivity contribution is 0.437. The molecule has 14 rings (SSSR count). The van der Waals surface area contributed by atoms with E-state index in [2.05, 4.69) is 365 Å². The van der Waals surface area contributed by atoms with E-state index in [-0.39, 0.29) is 16.2 Å². The van der Waals surface area contributed by atoms with Crippen LogP contribution in [-0.2, 0) is 54.8 Å². The van der Waals surface area contributed by atoms with Gasteiger partial charge in [0.25, 0.3) is 0 Å². The first-order valence-electron chi connectivity index (χ1n) is 56.1. The van der Waals surface area contributed by atoms with Gasteiger partial charge in [0.05, 0.1) is 5.41 Å². The van der Waals surface area contributed by atoms with E-state index in [1.54, 1.807) is 55.6 Å². The summed E-state index contributed by atoms with van der Waals surface area (Å²) in [5, 5.41) is 0. The zero-order chi connectivity index (χ0) is 99.2. The minimum absolute atomic E-state index is 0.0883. The minimum atomic E-state index is -0.282. The highest BCUT2D eigenvalue weighted by molar-refractivity contribution is 5.95. The molecule has 0 bridgehead atoms. The molecule has 1 spiro atoms. The summed E-state index contributed by atoms with van der Waals surface area (Å²) in [4.78, 5) is 0. The van der Waals surface area contributed by atoms with Crippen LogP contribution in [0, 0.1) is 116 Å². The van der Waals surface area contributed by atoms with Crippen molar-refractivity contribution >= 4 is 0 Å². The second-order valence-electron chi connectivity index (χ2n) is 45.4. The van der Waals surface area contributed by atoms with Crippen molar-refractivity contribution in [1.29, 1.82) is 0 Å². The van der Waals surface area contributed by atoms with Crippen LogP contribution in [0.4, 0.5) is 0 Å². The lowest BCUT2D eigenvalue weighted by Gasteiger charge is -2.33. The Hall–Kier alpha value is -7.80. The maximum atomic E-state index is 2.55. The second kappa shape index (κ2) is 57.2. The molecule has 0 N–H and O–H groups in total. The van der Waals surface area contributed by atoms with Crippen LogP contribution < -0.4 is 0 Å². The number of fused-ring (bicyclic) bond motifs is 10. The standard InChI is InChI=1S/C35H36.C24H42.C20H30.C20H34.C15H24.C14H22.C8H10/c1-21-9-13-25-26-14-10-22(2)18-30(26)35(29(25)17-21)31-19-23(33(3,4)5)11-15-27(31)28-16-12-24(20-32(28)35)34(6,7)8;1-7-11-13-21(9-3)17-23-15-20(6)24(16-19(23)5)18-22(10-4)14-12-8-2;1-15-13-20(18-11-7-4-8-12-18)16(2)14-19(15)17-9-5-3-6-10-17;1-5-7-9-11-13-19-15-18(4)20(16-17(19)3)14-12-10-8-6-2;1-5-6-7-8-9-15-11-13(3)12(2)10-14(15)4;1-4-5-6-7-8-14-11-12(2)9-10-13(14)3;1-7-3-5-8(2)6-4-7/h9-20H,1-8H3;15-16,21-22H,7-14,17-18H2,1-6H3;13-14,17-18H,3-12H2,1-2H3;15-16H,5-14H2,1-4H3;10-11H,5-9H2,1-4H3;9-11H,4-8H2,1-3H3;3-6H,1-2H3. The molecule has 0 heteroatoms. The number of benzene rings is 10. The topological polar surface area (TPSA) is 0 Å². The molecule has 0 radical (unpaired) electrons. The first-order chi connectivity index (χ1) is 65.1. The van der Waals surface area contributed by atoms with Crippen molar-refractivity contribution in [2.45, 2.75) is 486 Å². The van der Waals surface area contributed by atoms with Gasteiger partial charge in [0.1, 0.15) is 0 Å². The summed E-state index contributed by atoms with van der Waals surface area (Å²) < 4.78 is 0. The summed E-state index contributed by atoms with van der Waals surface area (Å²) >= 11 is 0. The highest BCUT2D eigenvalue weighted by Gasteiger charge is 2.52. The van der Waals surface area contributed by atoms with Gasteiger partial charge in [-0.2, -0.15) is 0 Å². The summed E-state index contributed by atoms with van der Waals surface area (Å²) in [6.45, 7) is 66.0. The molecular formula is C136H198. The number of hydrogen-bond acceptors (Lipinski definition) is 0. The van der Waals surface area contributed by atoms with E-state index in [0.29, 0.717) is 0 Å². The Morgan fingerprint density at radius 1 is 0.243 bits per heavy atom. The first kappa shape index (κ1) is 113. The smallest absolute Gasteiger partial charge is 0.0654 e. The third-order valence-corrected chi connectivity index (χ3v) is 31.6. The molecule has 0 aromatic heterocycles. The Balaban J connectivity index is 0.000000202. The van der Waals surface area contributed by atoms with Crippen LogP contribution in [-0.4, -0.2) is 0 Å². The molecule has 0 nitrogen and oxygen atoms in total. The van der Waals surface area contributed by atoms with E-state index < -0.39 is 0 Å². The average Bonchev–Trinajstić information content (AvgIpc) is 1.50. The summed E-state index contributed by atoms with van der Waals surface area (Å²) in [7, 11) is 0. The molecule has 0 amide bonds. The Morgan fingerprint density at radius 2 is 0.522 bits per heavy atom. The van der Waals surface area contributed by atoms with Crippen molar-refractivity contribution in [3.8, 4) is 22.3 Å². The van der Waals surface area contributed by atoms with Crippen LogP contribution in [0.15, 0.2) is 164 Å². The number of hydrogen-bond donors (Lipinski definition) is 0. The predicted octanol–water partition coefficient (Wildman–Crippen LogP) is 41.5. The fourth-order valence-electron chi connectivity index (χ4n) is 22.3. The summed E-state index contributed by atoms with van der Waals surface area (Å²) in [5.74, 6) is 3.43. The number of rotatable bonds is 34. The minimum Gasteiger partial charge on any atom is -0.0654 e. The molecule has 4 aliphatic rings. The van der Waals surface area contributed by atoms with Crippen LogP contribution in [0.25, 0.3) is 22.3 Å². The van der Waals surface area contributed by atoms with Gasteiger partial charge in [-0.25, -0.2) is 0 Å². The fraction of sp³-hybridized carbons (Fsp3) is 0.559. The van der Waals surface area contributed by atoms with Crippen LogP contribution >= 0.6 is 0 Å². The third-order valence-electron chi connectivity index (χ3n) is 31.6. The average molecular weight is 1830 g/mol. The van der Waals surface area contributed by atoms with E-state index in [1.807, 2.05) is 0 Å². The quantitative estimate of drug-likeness (QED) is 0.0353. The molecule has 742 valence electrons. The molecular weight excluding hydrogens is 1630 g/mol. The molecule has 10 aromatic rings. The Labute approximate surface area is 839 Å². The van der Waals surface area contributed by atoms with E-state index in [9.17, 15) is 0 Å². The van der Waals surface area contributed by atoms with Gasteiger partial charge in [0, 0.05) is 0 Å². The van der Waals surface area contributed by atoms with Crippen molar-refractivity contribution in [3.63, 3.8) is 0 Å². The van der Waals surface area contributed by atoms with Crippen LogP contribution in [0.3, 0.4) is 0 Å². The maximum absolute atomic E-state index is 2.55. The Morgan fingerprint density at radius 3 is 0.860 bits per heavy atom. The summed E-state index contributed by atoms with van der Waals surface area (Å²) in [6, 6.07) is 63.7. The van der Waals surface area contributed by atoms with Gasteiger partial charge in [0.2, 0.25) is 0 Å². The first-order valence-corrected chi connectivity index (χ1v) is 56.1. The molecule has 2 fully saturated rings. The summed E-state index contributed by atoms with van der Waals surface area (Å²) in [5.41, 5.74) is 48.5. The van der Waals surface area contributed by atoms with Crippen molar-refractivity contribution in [3.05, 3.63) is 325 Å². The van der Waals surface area contributed by atoms with Gasteiger partial charge < -0.3 is 0 Å². The fourth-order valence-corrected chi connectivity index (χ4v) is 22.3. The van der Waals surface area contributed by atoms with Gasteiger partial charge in [-0.05, 0) is 384 Å². The van der Waals surface area contributed by atoms with Crippen molar-refractivity contribution in [1.82, 2.24) is 0 Å².